The van der Waals surface area contributed by atoms with Gasteiger partial charge < -0.3 is 5.32 Å². The summed E-state index contributed by atoms with van der Waals surface area (Å²) in [6.07, 6.45) is 0. The van der Waals surface area contributed by atoms with E-state index in [1.54, 1.807) is 12.1 Å². The van der Waals surface area contributed by atoms with Crippen molar-refractivity contribution < 1.29 is 4.39 Å². The quantitative estimate of drug-likeness (QED) is 0.580. The van der Waals surface area contributed by atoms with Gasteiger partial charge in [-0.3, -0.25) is 0 Å². The van der Waals surface area contributed by atoms with Gasteiger partial charge in [0.25, 0.3) is 0 Å². The molecule has 0 bridgehead atoms. The summed E-state index contributed by atoms with van der Waals surface area (Å²) in [6, 6.07) is 20.1. The summed E-state index contributed by atoms with van der Waals surface area (Å²) in [6.45, 7) is 2.51. The molecule has 0 saturated heterocycles. The number of aryl methyl sites for hydroxylation is 1. The fourth-order valence-electron chi connectivity index (χ4n) is 2.79. The largest absolute Gasteiger partial charge is 0.366 e. The Labute approximate surface area is 150 Å². The van der Waals surface area contributed by atoms with Gasteiger partial charge in [0, 0.05) is 12.1 Å². The second kappa shape index (κ2) is 6.88. The van der Waals surface area contributed by atoms with Crippen molar-refractivity contribution in [2.45, 2.75) is 13.5 Å². The van der Waals surface area contributed by atoms with E-state index in [1.165, 1.54) is 12.1 Å². The molecular formula is C21H17FN4. The van der Waals surface area contributed by atoms with E-state index in [0.717, 1.165) is 28.0 Å². The highest BCUT2D eigenvalue weighted by atomic mass is 19.1. The minimum atomic E-state index is -0.239. The Morgan fingerprint density at radius 2 is 1.62 bits per heavy atom. The number of hydrogen-bond donors (Lipinski definition) is 1. The minimum absolute atomic E-state index is 0.239. The lowest BCUT2D eigenvalue weighted by Gasteiger charge is -2.09. The van der Waals surface area contributed by atoms with Crippen LogP contribution in [0.3, 0.4) is 0 Å². The van der Waals surface area contributed by atoms with Crippen LogP contribution >= 0.6 is 0 Å². The number of nitrogens with zero attached hydrogens (tertiary/aromatic N) is 3. The highest BCUT2D eigenvalue weighted by Crippen LogP contribution is 2.22. The first kappa shape index (κ1) is 16.1. The molecule has 26 heavy (non-hydrogen) atoms. The van der Waals surface area contributed by atoms with E-state index in [4.69, 9.17) is 4.98 Å². The molecule has 1 N–H and O–H groups in total. The molecule has 2 aromatic carbocycles. The number of pyridine rings is 1. The maximum absolute atomic E-state index is 13.0. The Kier molecular flexibility index (Phi) is 4.27. The van der Waals surface area contributed by atoms with Gasteiger partial charge in [-0.05, 0) is 36.8 Å². The van der Waals surface area contributed by atoms with E-state index in [2.05, 4.69) is 15.3 Å². The average molecular weight is 344 g/mol. The fraction of sp³-hybridized carbons (Fsp3) is 0.0952. The van der Waals surface area contributed by atoms with Crippen molar-refractivity contribution in [3.8, 4) is 11.3 Å². The summed E-state index contributed by atoms with van der Waals surface area (Å²) in [5.74, 6) is 0.468. The van der Waals surface area contributed by atoms with Crippen LogP contribution in [0.4, 0.5) is 10.2 Å². The smallest absolute Gasteiger partial charge is 0.180 e. The number of anilines is 1. The molecule has 0 aliphatic heterocycles. The van der Waals surface area contributed by atoms with Crippen LogP contribution in [-0.2, 0) is 6.54 Å². The summed E-state index contributed by atoms with van der Waals surface area (Å²) in [7, 11) is 0. The summed E-state index contributed by atoms with van der Waals surface area (Å²) in [5, 5.41) is 3.25. The zero-order valence-corrected chi connectivity index (χ0v) is 14.3. The Morgan fingerprint density at radius 3 is 2.38 bits per heavy atom. The number of hydrogen-bond acceptors (Lipinski definition) is 4. The van der Waals surface area contributed by atoms with Crippen molar-refractivity contribution in [2.75, 3.05) is 5.32 Å². The first-order valence-electron chi connectivity index (χ1n) is 8.38. The molecule has 0 amide bonds. The summed E-state index contributed by atoms with van der Waals surface area (Å²) in [5.41, 5.74) is 5.06. The highest BCUT2D eigenvalue weighted by Gasteiger charge is 2.09. The molecule has 4 aromatic rings. The number of aromatic nitrogens is 3. The number of fused-ring (bicyclic) bond motifs is 1. The van der Waals surface area contributed by atoms with Crippen LogP contribution in [0.1, 0.15) is 11.3 Å². The number of rotatable bonds is 4. The highest BCUT2D eigenvalue weighted by molar-refractivity contribution is 5.76. The molecule has 2 aromatic heterocycles. The van der Waals surface area contributed by atoms with Gasteiger partial charge in [-0.25, -0.2) is 19.3 Å². The molecule has 5 heteroatoms. The molecule has 0 unspecified atom stereocenters. The van der Waals surface area contributed by atoms with Crippen molar-refractivity contribution in [1.29, 1.82) is 0 Å². The first-order valence-corrected chi connectivity index (χ1v) is 8.38. The third-order valence-corrected chi connectivity index (χ3v) is 4.14. The monoisotopic (exact) mass is 344 g/mol. The molecule has 0 saturated carbocycles. The number of nitrogens with one attached hydrogen (secondary N) is 1. The predicted octanol–water partition coefficient (Wildman–Crippen LogP) is 4.75. The Morgan fingerprint density at radius 1 is 0.846 bits per heavy atom. The lowest BCUT2D eigenvalue weighted by Crippen LogP contribution is -2.03. The summed E-state index contributed by atoms with van der Waals surface area (Å²) < 4.78 is 13.0. The van der Waals surface area contributed by atoms with Crippen LogP contribution in [0, 0.1) is 12.7 Å². The third kappa shape index (κ3) is 3.37. The van der Waals surface area contributed by atoms with E-state index in [-0.39, 0.29) is 5.82 Å². The zero-order chi connectivity index (χ0) is 17.9. The molecular weight excluding hydrogens is 327 g/mol. The predicted molar refractivity (Wildman–Crippen MR) is 101 cm³/mol. The third-order valence-electron chi connectivity index (χ3n) is 4.14. The van der Waals surface area contributed by atoms with Crippen molar-refractivity contribution in [2.24, 2.45) is 0 Å². The minimum Gasteiger partial charge on any atom is -0.366 e. The maximum atomic E-state index is 13.0. The van der Waals surface area contributed by atoms with Gasteiger partial charge in [0.2, 0.25) is 0 Å². The zero-order valence-electron chi connectivity index (χ0n) is 14.3. The van der Waals surface area contributed by atoms with Gasteiger partial charge >= 0.3 is 0 Å². The normalized spacial score (nSPS) is 10.8. The molecule has 128 valence electrons. The van der Waals surface area contributed by atoms with Crippen LogP contribution in [0.15, 0.2) is 66.7 Å². The van der Waals surface area contributed by atoms with Crippen LogP contribution in [0.25, 0.3) is 22.4 Å². The van der Waals surface area contributed by atoms with Crippen LogP contribution < -0.4 is 5.32 Å². The van der Waals surface area contributed by atoms with E-state index in [1.807, 2.05) is 49.4 Å². The van der Waals surface area contributed by atoms with Crippen molar-refractivity contribution in [3.63, 3.8) is 0 Å². The Hall–Kier alpha value is -3.34. The molecule has 0 spiro atoms. The van der Waals surface area contributed by atoms with Crippen molar-refractivity contribution >= 4 is 17.0 Å². The Balaban J connectivity index is 1.63. The molecule has 0 aliphatic carbocycles. The number of halogens is 1. The number of benzene rings is 2. The van der Waals surface area contributed by atoms with Crippen LogP contribution in [0.5, 0.6) is 0 Å². The van der Waals surface area contributed by atoms with Crippen molar-refractivity contribution in [1.82, 2.24) is 15.0 Å². The van der Waals surface area contributed by atoms with E-state index >= 15 is 0 Å². The van der Waals surface area contributed by atoms with Gasteiger partial charge in [0.1, 0.15) is 17.2 Å². The summed E-state index contributed by atoms with van der Waals surface area (Å²) in [4.78, 5) is 13.9. The van der Waals surface area contributed by atoms with Gasteiger partial charge in [0.15, 0.2) is 5.65 Å². The molecule has 4 nitrogen and oxygen atoms in total. The molecule has 2 heterocycles. The van der Waals surface area contributed by atoms with E-state index in [0.29, 0.717) is 18.0 Å². The van der Waals surface area contributed by atoms with E-state index < -0.39 is 0 Å². The topological polar surface area (TPSA) is 50.7 Å². The lowest BCUT2D eigenvalue weighted by molar-refractivity contribution is 0.627. The summed E-state index contributed by atoms with van der Waals surface area (Å²) >= 11 is 0. The van der Waals surface area contributed by atoms with Crippen LogP contribution in [-0.4, -0.2) is 15.0 Å². The molecule has 4 rings (SSSR count). The SMILES string of the molecule is Cc1nc2ccc(NCc3ccc(F)cc3)nc2nc1-c1ccccc1. The molecule has 0 fully saturated rings. The maximum Gasteiger partial charge on any atom is 0.180 e. The van der Waals surface area contributed by atoms with Crippen molar-refractivity contribution in [3.05, 3.63) is 83.8 Å². The van der Waals surface area contributed by atoms with Crippen LogP contribution in [0.2, 0.25) is 0 Å². The fourth-order valence-corrected chi connectivity index (χ4v) is 2.79. The van der Waals surface area contributed by atoms with Gasteiger partial charge in [-0.1, -0.05) is 42.5 Å². The van der Waals surface area contributed by atoms with E-state index in [9.17, 15) is 4.39 Å². The second-order valence-electron chi connectivity index (χ2n) is 6.04. The molecule has 0 atom stereocenters. The second-order valence-corrected chi connectivity index (χ2v) is 6.04. The average Bonchev–Trinajstić information content (AvgIpc) is 2.68. The Bertz CT molecular complexity index is 1050. The molecule has 0 aliphatic rings. The standard InChI is InChI=1S/C21H17FN4/c1-14-20(16-5-3-2-4-6-16)26-21-18(24-14)11-12-19(25-21)23-13-15-7-9-17(22)10-8-15/h2-12H,13H2,1H3,(H,23,25,26). The van der Waals surface area contributed by atoms with Gasteiger partial charge in [0.05, 0.1) is 11.4 Å². The molecule has 0 radical (unpaired) electrons. The van der Waals surface area contributed by atoms with Gasteiger partial charge in [-0.2, -0.15) is 0 Å². The first-order chi connectivity index (χ1) is 12.7. The lowest BCUT2D eigenvalue weighted by atomic mass is 10.1. The van der Waals surface area contributed by atoms with Gasteiger partial charge in [-0.15, -0.1) is 0 Å².